The molecule has 3 rings (SSSR count). The number of aromatic hydroxyl groups is 2. The van der Waals surface area contributed by atoms with Crippen LogP contribution in [-0.2, 0) is 4.74 Å². The van der Waals surface area contributed by atoms with Crippen molar-refractivity contribution in [3.8, 4) is 23.0 Å². The summed E-state index contributed by atoms with van der Waals surface area (Å²) < 4.78 is 15.9. The standard InChI is InChI=1S/C19H22O7/c1-24-15-7-10(3-5-12(15)20)17-14(22)9-26-19(17)18(23)11-4-6-13(21)16(8-11)25-2/h3-8,14,17-23H,9H2,1-2H3/t14-,17-,18-,19+/m1/s1. The molecule has 0 aromatic heterocycles. The highest BCUT2D eigenvalue weighted by Gasteiger charge is 2.42. The summed E-state index contributed by atoms with van der Waals surface area (Å²) in [6, 6.07) is 9.30. The van der Waals surface area contributed by atoms with Gasteiger partial charge in [-0.1, -0.05) is 12.1 Å². The summed E-state index contributed by atoms with van der Waals surface area (Å²) in [6.07, 6.45) is -2.58. The summed E-state index contributed by atoms with van der Waals surface area (Å²) in [5.74, 6) is -0.0379. The summed E-state index contributed by atoms with van der Waals surface area (Å²) >= 11 is 0. The quantitative estimate of drug-likeness (QED) is 0.641. The van der Waals surface area contributed by atoms with E-state index in [4.69, 9.17) is 14.2 Å². The van der Waals surface area contributed by atoms with E-state index >= 15 is 0 Å². The average molecular weight is 362 g/mol. The van der Waals surface area contributed by atoms with Crippen molar-refractivity contribution in [1.29, 1.82) is 0 Å². The third-order valence-electron chi connectivity index (χ3n) is 4.67. The van der Waals surface area contributed by atoms with E-state index in [1.165, 1.54) is 32.4 Å². The number of ether oxygens (including phenoxy) is 3. The van der Waals surface area contributed by atoms with Crippen molar-refractivity contribution in [3.63, 3.8) is 0 Å². The Morgan fingerprint density at radius 2 is 1.62 bits per heavy atom. The molecule has 0 unspecified atom stereocenters. The average Bonchev–Trinajstić information content (AvgIpc) is 3.03. The van der Waals surface area contributed by atoms with Crippen LogP contribution in [0, 0.1) is 0 Å². The minimum Gasteiger partial charge on any atom is -0.504 e. The molecular weight excluding hydrogens is 340 g/mol. The molecule has 1 aliphatic heterocycles. The smallest absolute Gasteiger partial charge is 0.160 e. The molecule has 0 spiro atoms. The molecule has 7 heteroatoms. The second kappa shape index (κ2) is 7.41. The van der Waals surface area contributed by atoms with Gasteiger partial charge in [0.2, 0.25) is 0 Å². The van der Waals surface area contributed by atoms with Crippen LogP contribution in [0.1, 0.15) is 23.1 Å². The molecule has 4 N–H and O–H groups in total. The first-order valence-corrected chi connectivity index (χ1v) is 8.17. The molecule has 0 radical (unpaired) electrons. The number of rotatable bonds is 5. The van der Waals surface area contributed by atoms with Crippen LogP contribution < -0.4 is 9.47 Å². The Morgan fingerprint density at radius 1 is 1.00 bits per heavy atom. The van der Waals surface area contributed by atoms with E-state index in [1.807, 2.05) is 0 Å². The van der Waals surface area contributed by atoms with E-state index in [0.29, 0.717) is 11.1 Å². The van der Waals surface area contributed by atoms with Crippen molar-refractivity contribution < 1.29 is 34.6 Å². The van der Waals surface area contributed by atoms with Gasteiger partial charge in [0.15, 0.2) is 23.0 Å². The van der Waals surface area contributed by atoms with Gasteiger partial charge in [-0.25, -0.2) is 0 Å². The third kappa shape index (κ3) is 3.29. The predicted octanol–water partition coefficient (Wildman–Crippen LogP) is 1.69. The zero-order valence-corrected chi connectivity index (χ0v) is 14.5. The summed E-state index contributed by atoms with van der Waals surface area (Å²) in [6.45, 7) is 0.0742. The van der Waals surface area contributed by atoms with Gasteiger partial charge in [-0.15, -0.1) is 0 Å². The van der Waals surface area contributed by atoms with Crippen molar-refractivity contribution in [2.45, 2.75) is 24.2 Å². The van der Waals surface area contributed by atoms with Crippen molar-refractivity contribution in [2.75, 3.05) is 20.8 Å². The number of aliphatic hydroxyl groups excluding tert-OH is 2. The SMILES string of the molecule is COc1cc([C@H]2[C@@H]([C@H](O)c3ccc(O)c(OC)c3)OC[C@H]2O)ccc1O. The first-order chi connectivity index (χ1) is 12.5. The van der Waals surface area contributed by atoms with Gasteiger partial charge in [0, 0.05) is 5.92 Å². The van der Waals surface area contributed by atoms with E-state index in [9.17, 15) is 20.4 Å². The summed E-state index contributed by atoms with van der Waals surface area (Å²) in [5, 5.41) is 40.7. The molecule has 140 valence electrons. The van der Waals surface area contributed by atoms with Crippen LogP contribution in [0.5, 0.6) is 23.0 Å². The molecule has 1 heterocycles. The van der Waals surface area contributed by atoms with Gasteiger partial charge >= 0.3 is 0 Å². The van der Waals surface area contributed by atoms with Crippen LogP contribution in [0.4, 0.5) is 0 Å². The van der Waals surface area contributed by atoms with Crippen LogP contribution in [0.15, 0.2) is 36.4 Å². The molecule has 26 heavy (non-hydrogen) atoms. The topological polar surface area (TPSA) is 109 Å². The number of hydrogen-bond donors (Lipinski definition) is 4. The molecule has 0 amide bonds. The molecule has 0 saturated carbocycles. The maximum atomic E-state index is 10.8. The molecule has 2 aromatic carbocycles. The first kappa shape index (κ1) is 18.3. The Balaban J connectivity index is 1.93. The largest absolute Gasteiger partial charge is 0.504 e. The van der Waals surface area contributed by atoms with Gasteiger partial charge < -0.3 is 34.6 Å². The van der Waals surface area contributed by atoms with Gasteiger partial charge in [0.1, 0.15) is 6.10 Å². The fourth-order valence-corrected chi connectivity index (χ4v) is 3.30. The summed E-state index contributed by atoms with van der Waals surface area (Å²) in [5.41, 5.74) is 1.17. The maximum absolute atomic E-state index is 10.8. The van der Waals surface area contributed by atoms with E-state index in [0.717, 1.165) is 0 Å². The van der Waals surface area contributed by atoms with Crippen LogP contribution in [0.2, 0.25) is 0 Å². The zero-order valence-electron chi connectivity index (χ0n) is 14.5. The van der Waals surface area contributed by atoms with Crippen LogP contribution in [-0.4, -0.2) is 53.5 Å². The van der Waals surface area contributed by atoms with Crippen LogP contribution in [0.25, 0.3) is 0 Å². The Kier molecular flexibility index (Phi) is 5.22. The predicted molar refractivity (Wildman–Crippen MR) is 92.8 cm³/mol. The Bertz CT molecular complexity index is 776. The van der Waals surface area contributed by atoms with Gasteiger partial charge in [-0.2, -0.15) is 0 Å². The van der Waals surface area contributed by atoms with Crippen molar-refractivity contribution in [3.05, 3.63) is 47.5 Å². The summed E-state index contributed by atoms with van der Waals surface area (Å²) in [7, 11) is 2.86. The lowest BCUT2D eigenvalue weighted by Crippen LogP contribution is -2.27. The lowest BCUT2D eigenvalue weighted by Gasteiger charge is -2.26. The molecule has 1 aliphatic rings. The van der Waals surface area contributed by atoms with E-state index in [2.05, 4.69) is 0 Å². The number of hydrogen-bond acceptors (Lipinski definition) is 7. The Hall–Kier alpha value is -2.48. The first-order valence-electron chi connectivity index (χ1n) is 8.17. The van der Waals surface area contributed by atoms with Crippen molar-refractivity contribution in [2.24, 2.45) is 0 Å². The highest BCUT2D eigenvalue weighted by atomic mass is 16.5. The number of methoxy groups -OCH3 is 2. The lowest BCUT2D eigenvalue weighted by atomic mass is 9.85. The van der Waals surface area contributed by atoms with E-state index in [-0.39, 0.29) is 29.6 Å². The zero-order chi connectivity index (χ0) is 18.8. The van der Waals surface area contributed by atoms with Crippen LogP contribution in [0.3, 0.4) is 0 Å². The van der Waals surface area contributed by atoms with Gasteiger partial charge in [-0.3, -0.25) is 0 Å². The second-order valence-electron chi connectivity index (χ2n) is 6.20. The molecule has 1 saturated heterocycles. The fourth-order valence-electron chi connectivity index (χ4n) is 3.30. The molecule has 4 atom stereocenters. The van der Waals surface area contributed by atoms with Crippen molar-refractivity contribution >= 4 is 0 Å². The highest BCUT2D eigenvalue weighted by molar-refractivity contribution is 5.45. The number of aliphatic hydroxyl groups is 2. The van der Waals surface area contributed by atoms with E-state index < -0.39 is 24.2 Å². The highest BCUT2D eigenvalue weighted by Crippen LogP contribution is 2.42. The normalized spacial score (nSPS) is 23.6. The lowest BCUT2D eigenvalue weighted by molar-refractivity contribution is -0.0101. The minimum atomic E-state index is -1.05. The molecule has 0 aliphatic carbocycles. The van der Waals surface area contributed by atoms with Gasteiger partial charge in [0.05, 0.1) is 33.0 Å². The number of phenols is 2. The Morgan fingerprint density at radius 3 is 2.27 bits per heavy atom. The fraction of sp³-hybridized carbons (Fsp3) is 0.368. The van der Waals surface area contributed by atoms with Gasteiger partial charge in [-0.05, 0) is 35.4 Å². The van der Waals surface area contributed by atoms with Gasteiger partial charge in [0.25, 0.3) is 0 Å². The maximum Gasteiger partial charge on any atom is 0.160 e. The summed E-state index contributed by atoms with van der Waals surface area (Å²) in [4.78, 5) is 0. The molecule has 7 nitrogen and oxygen atoms in total. The number of phenolic OH excluding ortho intramolecular Hbond substituents is 2. The molecule has 2 aromatic rings. The molecular formula is C19H22O7. The second-order valence-corrected chi connectivity index (χ2v) is 6.20. The molecule has 1 fully saturated rings. The van der Waals surface area contributed by atoms with Crippen molar-refractivity contribution in [1.82, 2.24) is 0 Å². The monoisotopic (exact) mass is 362 g/mol. The van der Waals surface area contributed by atoms with E-state index in [1.54, 1.807) is 18.2 Å². The molecule has 0 bridgehead atoms. The van der Waals surface area contributed by atoms with Crippen LogP contribution >= 0.6 is 0 Å². The number of benzene rings is 2. The third-order valence-corrected chi connectivity index (χ3v) is 4.67. The minimum absolute atomic E-state index is 0.00924. The Labute approximate surface area is 151 Å².